The molecule has 0 amide bonds. The lowest BCUT2D eigenvalue weighted by Gasteiger charge is -2.30. The summed E-state index contributed by atoms with van der Waals surface area (Å²) < 4.78 is 3.48. The lowest BCUT2D eigenvalue weighted by molar-refractivity contribution is -0.890. The predicted molar refractivity (Wildman–Crippen MR) is 178 cm³/mol. The van der Waals surface area contributed by atoms with Gasteiger partial charge in [0.05, 0.1) is 82.6 Å². The van der Waals surface area contributed by atoms with Crippen molar-refractivity contribution in [2.24, 2.45) is 0 Å². The summed E-state index contributed by atoms with van der Waals surface area (Å²) in [4.78, 5) is 0. The summed E-state index contributed by atoms with van der Waals surface area (Å²) in [5, 5.41) is 0. The van der Waals surface area contributed by atoms with E-state index in [1.165, 1.54) is 185 Å². The van der Waals surface area contributed by atoms with Gasteiger partial charge in [0.1, 0.15) is 0 Å². The molecule has 39 heavy (non-hydrogen) atoms. The molecule has 0 aliphatic heterocycles. The molecule has 0 heterocycles. The lowest BCUT2D eigenvalue weighted by Crippen LogP contribution is -2.41. The third kappa shape index (κ3) is 34.0. The molecule has 0 aromatic rings. The van der Waals surface area contributed by atoms with Crippen LogP contribution < -0.4 is 0 Å². The first-order chi connectivity index (χ1) is 18.4. The van der Waals surface area contributed by atoms with Crippen LogP contribution in [0.4, 0.5) is 0 Å². The molecule has 3 nitrogen and oxygen atoms in total. The number of nitrogens with zero attached hydrogens (tertiary/aromatic N) is 3. The van der Waals surface area contributed by atoms with Crippen molar-refractivity contribution in [2.75, 3.05) is 82.6 Å². The van der Waals surface area contributed by atoms with Gasteiger partial charge in [-0.3, -0.25) is 0 Å². The van der Waals surface area contributed by atoms with Crippen LogP contribution >= 0.6 is 0 Å². The van der Waals surface area contributed by atoms with Crippen LogP contribution in [-0.2, 0) is 0 Å². The molecule has 236 valence electrons. The van der Waals surface area contributed by atoms with Crippen LogP contribution in [0.1, 0.15) is 154 Å². The zero-order valence-electron chi connectivity index (χ0n) is 29.1. The normalized spacial score (nSPS) is 12.9. The molecule has 0 aliphatic carbocycles. The van der Waals surface area contributed by atoms with Gasteiger partial charge in [-0.2, -0.15) is 0 Å². The molecular formula is C36H80N3+3. The minimum Gasteiger partial charge on any atom is -0.331 e. The Morgan fingerprint density at radius 1 is 0.205 bits per heavy atom. The molecule has 0 spiro atoms. The molecule has 0 aromatic carbocycles. The average Bonchev–Trinajstić information content (AvgIpc) is 2.83. The van der Waals surface area contributed by atoms with Gasteiger partial charge < -0.3 is 13.4 Å². The van der Waals surface area contributed by atoms with Gasteiger partial charge in [-0.05, 0) is 51.4 Å². The second-order valence-electron chi connectivity index (χ2n) is 15.9. The van der Waals surface area contributed by atoms with E-state index in [9.17, 15) is 0 Å². The summed E-state index contributed by atoms with van der Waals surface area (Å²) >= 11 is 0. The van der Waals surface area contributed by atoms with Crippen molar-refractivity contribution >= 4 is 0 Å². The molecular weight excluding hydrogens is 474 g/mol. The molecule has 0 radical (unpaired) electrons. The van der Waals surface area contributed by atoms with E-state index >= 15 is 0 Å². The SMILES string of the molecule is C[N+](C)(C)CCCCCCCCCCCCCC[N+](C)(C)CCCCCCCCCCCCCC[N+](C)(C)C. The van der Waals surface area contributed by atoms with Gasteiger partial charge in [-0.1, -0.05) is 103 Å². The van der Waals surface area contributed by atoms with E-state index in [1.54, 1.807) is 0 Å². The van der Waals surface area contributed by atoms with Crippen molar-refractivity contribution < 1.29 is 13.4 Å². The fourth-order valence-electron chi connectivity index (χ4n) is 5.90. The zero-order valence-corrected chi connectivity index (χ0v) is 29.1. The molecule has 0 saturated carbocycles. The molecule has 0 rings (SSSR count). The van der Waals surface area contributed by atoms with E-state index in [0.29, 0.717) is 0 Å². The smallest absolute Gasteiger partial charge is 0.0782 e. The number of quaternary nitrogens is 3. The highest BCUT2D eigenvalue weighted by Crippen LogP contribution is 2.15. The monoisotopic (exact) mass is 555 g/mol. The quantitative estimate of drug-likeness (QED) is 0.0612. The van der Waals surface area contributed by atoms with Crippen LogP contribution in [0, 0.1) is 0 Å². The number of hydrogen-bond acceptors (Lipinski definition) is 0. The fourth-order valence-corrected chi connectivity index (χ4v) is 5.90. The van der Waals surface area contributed by atoms with E-state index in [2.05, 4.69) is 56.4 Å². The fraction of sp³-hybridized carbons (Fsp3) is 1.00. The summed E-state index contributed by atoms with van der Waals surface area (Å²) in [6, 6.07) is 0. The molecule has 0 fully saturated rings. The summed E-state index contributed by atoms with van der Waals surface area (Å²) in [7, 11) is 18.8. The first-order valence-electron chi connectivity index (χ1n) is 17.8. The summed E-state index contributed by atoms with van der Waals surface area (Å²) in [5.41, 5.74) is 0. The third-order valence-corrected chi connectivity index (χ3v) is 8.68. The van der Waals surface area contributed by atoms with Crippen molar-refractivity contribution in [1.82, 2.24) is 0 Å². The molecule has 3 heteroatoms. The van der Waals surface area contributed by atoms with Crippen LogP contribution in [-0.4, -0.2) is 96.0 Å². The van der Waals surface area contributed by atoms with Crippen molar-refractivity contribution in [3.8, 4) is 0 Å². The Labute approximate surface area is 249 Å². The third-order valence-electron chi connectivity index (χ3n) is 8.68. The number of rotatable bonds is 30. The van der Waals surface area contributed by atoms with E-state index in [-0.39, 0.29) is 0 Å². The lowest BCUT2D eigenvalue weighted by atomic mass is 10.0. The largest absolute Gasteiger partial charge is 0.331 e. The van der Waals surface area contributed by atoms with Crippen molar-refractivity contribution in [3.05, 3.63) is 0 Å². The number of hydrogen-bond donors (Lipinski definition) is 0. The van der Waals surface area contributed by atoms with Crippen LogP contribution in [0.25, 0.3) is 0 Å². The second-order valence-corrected chi connectivity index (χ2v) is 15.9. The van der Waals surface area contributed by atoms with Gasteiger partial charge in [0.2, 0.25) is 0 Å². The minimum absolute atomic E-state index is 1.12. The average molecular weight is 555 g/mol. The van der Waals surface area contributed by atoms with Crippen LogP contribution in [0.2, 0.25) is 0 Å². The van der Waals surface area contributed by atoms with Crippen molar-refractivity contribution in [1.29, 1.82) is 0 Å². The highest BCUT2D eigenvalue weighted by Gasteiger charge is 2.13. The summed E-state index contributed by atoms with van der Waals surface area (Å²) in [6.45, 7) is 5.41. The van der Waals surface area contributed by atoms with E-state index in [0.717, 1.165) is 8.97 Å². The highest BCUT2D eigenvalue weighted by molar-refractivity contribution is 4.51. The maximum Gasteiger partial charge on any atom is 0.0782 e. The van der Waals surface area contributed by atoms with Gasteiger partial charge in [0, 0.05) is 0 Å². The Kier molecular flexibility index (Phi) is 24.4. The zero-order chi connectivity index (χ0) is 29.3. The van der Waals surface area contributed by atoms with E-state index < -0.39 is 0 Å². The van der Waals surface area contributed by atoms with Crippen molar-refractivity contribution in [3.63, 3.8) is 0 Å². The Morgan fingerprint density at radius 2 is 0.359 bits per heavy atom. The minimum atomic E-state index is 1.12. The Bertz CT molecular complexity index is 456. The van der Waals surface area contributed by atoms with Gasteiger partial charge in [-0.15, -0.1) is 0 Å². The summed E-state index contributed by atoms with van der Waals surface area (Å²) in [6.07, 6.45) is 34.8. The molecule has 0 bridgehead atoms. The standard InChI is InChI=1S/C36H80N3/c1-37(2,3)33-29-25-21-17-13-9-11-15-19-23-27-31-35-39(7,8)36-32-28-24-20-16-12-10-14-18-22-26-30-34-38(4,5)6/h9-36H2,1-8H3/q+3. The summed E-state index contributed by atoms with van der Waals surface area (Å²) in [5.74, 6) is 0. The van der Waals surface area contributed by atoms with E-state index in [4.69, 9.17) is 0 Å². The second kappa shape index (κ2) is 24.5. The van der Waals surface area contributed by atoms with Gasteiger partial charge >= 0.3 is 0 Å². The first-order valence-corrected chi connectivity index (χ1v) is 17.8. The first kappa shape index (κ1) is 38.9. The molecule has 0 saturated heterocycles. The molecule has 0 N–H and O–H groups in total. The van der Waals surface area contributed by atoms with Gasteiger partial charge in [-0.25, -0.2) is 0 Å². The Hall–Kier alpha value is -0.120. The topological polar surface area (TPSA) is 0 Å². The maximum atomic E-state index is 2.46. The van der Waals surface area contributed by atoms with Crippen LogP contribution in [0.3, 0.4) is 0 Å². The van der Waals surface area contributed by atoms with Gasteiger partial charge in [0.25, 0.3) is 0 Å². The van der Waals surface area contributed by atoms with Crippen molar-refractivity contribution in [2.45, 2.75) is 154 Å². The molecule has 0 aromatic heterocycles. The highest BCUT2D eigenvalue weighted by atomic mass is 15.3. The van der Waals surface area contributed by atoms with Crippen LogP contribution in [0.15, 0.2) is 0 Å². The number of unbranched alkanes of at least 4 members (excludes halogenated alkanes) is 22. The maximum absolute atomic E-state index is 2.46. The molecule has 0 unspecified atom stereocenters. The van der Waals surface area contributed by atoms with Gasteiger partial charge in [0.15, 0.2) is 0 Å². The predicted octanol–water partition coefficient (Wildman–Crippen LogP) is 9.84. The molecule has 0 aliphatic rings. The molecule has 0 atom stereocenters. The van der Waals surface area contributed by atoms with Crippen LogP contribution in [0.5, 0.6) is 0 Å². The Balaban J connectivity index is 3.33. The Morgan fingerprint density at radius 3 is 0.538 bits per heavy atom. The van der Waals surface area contributed by atoms with E-state index in [1.807, 2.05) is 0 Å².